The van der Waals surface area contributed by atoms with Gasteiger partial charge in [-0.2, -0.15) is 0 Å². The molecule has 0 saturated heterocycles. The second-order valence-corrected chi connectivity index (χ2v) is 16.0. The number of hydrogen-bond acceptors (Lipinski definition) is 2. The topological polar surface area (TPSA) is 25.8 Å². The van der Waals surface area contributed by atoms with Crippen LogP contribution in [0, 0.1) is 12.1 Å². The van der Waals surface area contributed by atoms with Gasteiger partial charge in [0, 0.05) is 32.5 Å². The van der Waals surface area contributed by atoms with E-state index >= 15 is 0 Å². The van der Waals surface area contributed by atoms with Gasteiger partial charge < -0.3 is 9.97 Å². The van der Waals surface area contributed by atoms with Gasteiger partial charge in [-0.3, -0.25) is 0 Å². The van der Waals surface area contributed by atoms with Gasteiger partial charge in [0.05, 0.1) is 0 Å². The van der Waals surface area contributed by atoms with Gasteiger partial charge in [0.25, 0.3) is 0 Å². The Labute approximate surface area is 316 Å². The van der Waals surface area contributed by atoms with Crippen LogP contribution in [0.2, 0.25) is 0 Å². The van der Waals surface area contributed by atoms with Crippen molar-refractivity contribution >= 4 is 21.5 Å². The second kappa shape index (κ2) is 13.6. The third kappa shape index (κ3) is 6.71. The van der Waals surface area contributed by atoms with Crippen molar-refractivity contribution in [3.8, 4) is 33.6 Å². The standard InChI is InChI=1S/C37H36N.C11H8N.Ir/c1-36(2,3)28-12-14-30-22(19-28)11-13-32-31(30)15-16-38-35(32)27-17-23-7-9-25-20-29(37(4,5)6)21-26-10-8-24(18-27)33(23)34(25)26;1-2-6-10(7-3-1)11-8-4-5-9-12-11;/h11-17,19-21H,7-10H2,1-6H3;1-6,8-9H;/q2*-1;. The summed E-state index contributed by atoms with van der Waals surface area (Å²) >= 11 is 0. The molecule has 0 spiro atoms. The molecule has 51 heavy (non-hydrogen) atoms. The first-order valence-corrected chi connectivity index (χ1v) is 18.0. The van der Waals surface area contributed by atoms with Crippen LogP contribution in [0.4, 0.5) is 0 Å². The largest absolute Gasteiger partial charge is 0.305 e. The molecule has 5 aromatic carbocycles. The first kappa shape index (κ1) is 35.0. The van der Waals surface area contributed by atoms with E-state index < -0.39 is 0 Å². The van der Waals surface area contributed by atoms with Crippen molar-refractivity contribution in [2.75, 3.05) is 0 Å². The van der Waals surface area contributed by atoms with E-state index in [1.807, 2.05) is 48.7 Å². The van der Waals surface area contributed by atoms with Gasteiger partial charge in [0.15, 0.2) is 0 Å². The van der Waals surface area contributed by atoms with Gasteiger partial charge in [0.1, 0.15) is 0 Å². The van der Waals surface area contributed by atoms with Gasteiger partial charge in [0.2, 0.25) is 0 Å². The molecule has 0 aliphatic heterocycles. The first-order valence-electron chi connectivity index (χ1n) is 18.0. The van der Waals surface area contributed by atoms with Crippen molar-refractivity contribution in [3.05, 3.63) is 155 Å². The Morgan fingerprint density at radius 3 is 1.94 bits per heavy atom. The van der Waals surface area contributed by atoms with Crippen molar-refractivity contribution in [1.29, 1.82) is 0 Å². The molecule has 0 amide bonds. The number of aryl methyl sites for hydroxylation is 4. The Kier molecular flexibility index (Phi) is 9.33. The first-order chi connectivity index (χ1) is 24.0. The molecule has 0 saturated carbocycles. The molecular formula is C48H44IrN2-2. The molecule has 9 rings (SSSR count). The Bertz CT molecular complexity index is 2290. The average molecular weight is 841 g/mol. The van der Waals surface area contributed by atoms with E-state index in [2.05, 4.69) is 113 Å². The number of fused-ring (bicyclic) bond motifs is 3. The molecule has 2 nitrogen and oxygen atoms in total. The fraction of sp³-hybridized carbons (Fsp3) is 0.250. The van der Waals surface area contributed by atoms with E-state index in [1.165, 1.54) is 66.1 Å². The maximum atomic E-state index is 4.93. The van der Waals surface area contributed by atoms with Crippen LogP contribution in [0.15, 0.2) is 109 Å². The number of pyridine rings is 2. The van der Waals surface area contributed by atoms with E-state index in [-0.39, 0.29) is 30.9 Å². The fourth-order valence-corrected chi connectivity index (χ4v) is 7.72. The summed E-state index contributed by atoms with van der Waals surface area (Å²) in [5.74, 6) is 0. The molecule has 3 heteroatoms. The van der Waals surface area contributed by atoms with Crippen molar-refractivity contribution in [1.82, 2.24) is 9.97 Å². The molecule has 0 N–H and O–H groups in total. The molecule has 0 atom stereocenters. The van der Waals surface area contributed by atoms with Gasteiger partial charge in [-0.15, -0.1) is 64.7 Å². The van der Waals surface area contributed by atoms with Crippen molar-refractivity contribution in [3.63, 3.8) is 0 Å². The fourth-order valence-electron chi connectivity index (χ4n) is 7.72. The maximum absolute atomic E-state index is 4.93. The minimum absolute atomic E-state index is 0. The van der Waals surface area contributed by atoms with E-state index in [1.54, 1.807) is 6.20 Å². The summed E-state index contributed by atoms with van der Waals surface area (Å²) in [6, 6.07) is 41.7. The van der Waals surface area contributed by atoms with Crippen LogP contribution in [0.5, 0.6) is 0 Å². The Balaban J connectivity index is 0.000000265. The summed E-state index contributed by atoms with van der Waals surface area (Å²) in [4.78, 5) is 9.15. The second-order valence-electron chi connectivity index (χ2n) is 16.0. The van der Waals surface area contributed by atoms with E-state index in [9.17, 15) is 0 Å². The zero-order valence-corrected chi connectivity index (χ0v) is 32.8. The van der Waals surface area contributed by atoms with Crippen molar-refractivity contribution < 1.29 is 20.1 Å². The molecule has 0 fully saturated rings. The average Bonchev–Trinajstić information content (AvgIpc) is 3.13. The maximum Gasteiger partial charge on any atom is 0.0167 e. The minimum atomic E-state index is 0. The molecule has 1 radical (unpaired) electrons. The third-order valence-electron chi connectivity index (χ3n) is 10.5. The molecular weight excluding hydrogens is 797 g/mol. The number of nitrogens with zero attached hydrogens (tertiary/aromatic N) is 2. The molecule has 0 bridgehead atoms. The van der Waals surface area contributed by atoms with Crippen LogP contribution in [0.3, 0.4) is 0 Å². The van der Waals surface area contributed by atoms with Crippen molar-refractivity contribution in [2.45, 2.75) is 78.1 Å². The van der Waals surface area contributed by atoms with E-state index in [4.69, 9.17) is 4.98 Å². The zero-order valence-electron chi connectivity index (χ0n) is 30.4. The van der Waals surface area contributed by atoms with Gasteiger partial charge >= 0.3 is 0 Å². The molecule has 2 aliphatic carbocycles. The van der Waals surface area contributed by atoms with Crippen LogP contribution in [0.1, 0.15) is 74.9 Å². The Morgan fingerprint density at radius 2 is 1.25 bits per heavy atom. The molecule has 2 heterocycles. The van der Waals surface area contributed by atoms with Gasteiger partial charge in [-0.1, -0.05) is 107 Å². The van der Waals surface area contributed by atoms with Crippen LogP contribution in [-0.2, 0) is 56.6 Å². The third-order valence-corrected chi connectivity index (χ3v) is 10.5. The summed E-state index contributed by atoms with van der Waals surface area (Å²) in [7, 11) is 0. The normalized spacial score (nSPS) is 13.2. The van der Waals surface area contributed by atoms with Crippen LogP contribution >= 0.6 is 0 Å². The predicted molar refractivity (Wildman–Crippen MR) is 210 cm³/mol. The van der Waals surface area contributed by atoms with Crippen LogP contribution in [0.25, 0.3) is 55.2 Å². The number of rotatable bonds is 2. The number of benzene rings is 5. The molecule has 7 aromatic rings. The zero-order chi connectivity index (χ0) is 34.6. The SMILES string of the molecule is CC(C)(C)c1cc2c3c(c1)CCc1cc(-c4nccc5c4ccc4cc(C(C)(C)C)ccc45)[c-]c(c1-3)CC2.[Ir].[c-]1ccccc1-c1ccccn1. The molecule has 2 aromatic heterocycles. The van der Waals surface area contributed by atoms with Gasteiger partial charge in [-0.05, 0) is 104 Å². The number of hydrogen-bond donors (Lipinski definition) is 0. The summed E-state index contributed by atoms with van der Waals surface area (Å²) in [5, 5.41) is 5.08. The Hall–Kier alpha value is -4.43. The quantitative estimate of drug-likeness (QED) is 0.128. The summed E-state index contributed by atoms with van der Waals surface area (Å²) in [6.45, 7) is 13.8. The van der Waals surface area contributed by atoms with Gasteiger partial charge in [-0.25, -0.2) is 0 Å². The number of aromatic nitrogens is 2. The monoisotopic (exact) mass is 841 g/mol. The molecule has 0 unspecified atom stereocenters. The smallest absolute Gasteiger partial charge is 0.0167 e. The van der Waals surface area contributed by atoms with Crippen molar-refractivity contribution in [2.24, 2.45) is 0 Å². The predicted octanol–water partition coefficient (Wildman–Crippen LogP) is 11.9. The summed E-state index contributed by atoms with van der Waals surface area (Å²) in [6.07, 6.45) is 8.13. The Morgan fingerprint density at radius 1 is 0.549 bits per heavy atom. The summed E-state index contributed by atoms with van der Waals surface area (Å²) in [5.41, 5.74) is 16.3. The van der Waals surface area contributed by atoms with Crippen LogP contribution in [-0.4, -0.2) is 9.97 Å². The minimum Gasteiger partial charge on any atom is -0.305 e. The van der Waals surface area contributed by atoms with E-state index in [0.717, 1.165) is 48.2 Å². The van der Waals surface area contributed by atoms with E-state index in [0.29, 0.717) is 0 Å². The molecule has 2 aliphatic rings. The summed E-state index contributed by atoms with van der Waals surface area (Å²) < 4.78 is 0. The molecule has 257 valence electrons. The van der Waals surface area contributed by atoms with Crippen LogP contribution < -0.4 is 0 Å².